The molecular formula is C36H62N2O7. The molecule has 9 heteroatoms. The zero-order valence-corrected chi connectivity index (χ0v) is 28.1. The number of amides is 2. The highest BCUT2D eigenvalue weighted by Gasteiger charge is 2.18. The Morgan fingerprint density at radius 3 is 1.84 bits per heavy atom. The molecule has 2 amide bonds. The summed E-state index contributed by atoms with van der Waals surface area (Å²) in [5.41, 5.74) is 0. The number of hydrogen-bond donors (Lipinski definition) is 4. The summed E-state index contributed by atoms with van der Waals surface area (Å²) in [5.74, 6) is -2.37. The quantitative estimate of drug-likeness (QED) is 0.0375. The van der Waals surface area contributed by atoms with Gasteiger partial charge in [-0.15, -0.1) is 0 Å². The van der Waals surface area contributed by atoms with E-state index in [2.05, 4.69) is 54.9 Å². The minimum atomic E-state index is -1.38. The highest BCUT2D eigenvalue weighted by Crippen LogP contribution is 2.15. The lowest BCUT2D eigenvalue weighted by atomic mass is 10.1. The maximum Gasteiger partial charge on any atom is 0.328 e. The molecule has 0 saturated carbocycles. The molecule has 0 spiro atoms. The van der Waals surface area contributed by atoms with Crippen LogP contribution in [0.5, 0.6) is 0 Å². The number of aliphatic hydroxyl groups excluding tert-OH is 1. The SMILES string of the molecule is CC/C=C\C/C=C\C/C=C\C(CCCCCCCCC(=O)NCC(=O)NC(CO)C(=O)O)OC(=O)CCCCCCCCCC. The van der Waals surface area contributed by atoms with E-state index in [1.807, 2.05) is 6.08 Å². The molecule has 9 nitrogen and oxygen atoms in total. The van der Waals surface area contributed by atoms with Gasteiger partial charge < -0.3 is 25.6 Å². The Morgan fingerprint density at radius 1 is 0.689 bits per heavy atom. The van der Waals surface area contributed by atoms with Gasteiger partial charge in [-0.3, -0.25) is 14.4 Å². The molecule has 0 aliphatic rings. The first-order valence-electron chi connectivity index (χ1n) is 17.4. The third-order valence-electron chi connectivity index (χ3n) is 7.39. The van der Waals surface area contributed by atoms with E-state index in [0.717, 1.165) is 70.6 Å². The standard InChI is InChI=1S/C36H62N2O7/c1-3-5-7-9-11-13-17-21-25-31(45-35(42)28-24-20-14-12-10-8-6-4-2)26-22-18-15-16-19-23-27-33(40)37-29-34(41)38-32(30-39)36(43)44/h5,7,11,13,21,25,31-32,39H,3-4,6,8-10,12,14-20,22-24,26-30H2,1-2H3,(H,37,40)(H,38,41)(H,43,44)/b7-5-,13-11-,25-21-. The molecule has 2 atom stereocenters. The second-order valence-corrected chi connectivity index (χ2v) is 11.6. The second-order valence-electron chi connectivity index (χ2n) is 11.6. The summed E-state index contributed by atoms with van der Waals surface area (Å²) < 4.78 is 5.84. The van der Waals surface area contributed by atoms with Crippen molar-refractivity contribution in [2.45, 2.75) is 154 Å². The van der Waals surface area contributed by atoms with Gasteiger partial charge in [0.15, 0.2) is 0 Å². The minimum Gasteiger partial charge on any atom is -0.480 e. The van der Waals surface area contributed by atoms with Crippen molar-refractivity contribution in [2.75, 3.05) is 13.2 Å². The Hall–Kier alpha value is -2.94. The van der Waals surface area contributed by atoms with Gasteiger partial charge in [0.25, 0.3) is 0 Å². The van der Waals surface area contributed by atoms with Crippen LogP contribution in [0.25, 0.3) is 0 Å². The number of hydrogen-bond acceptors (Lipinski definition) is 6. The van der Waals surface area contributed by atoms with Crippen molar-refractivity contribution in [3.05, 3.63) is 36.5 Å². The third kappa shape index (κ3) is 28.3. The number of aliphatic carboxylic acids is 1. The van der Waals surface area contributed by atoms with Crippen LogP contribution < -0.4 is 10.6 Å². The molecular weight excluding hydrogens is 572 g/mol. The Morgan fingerprint density at radius 2 is 1.24 bits per heavy atom. The van der Waals surface area contributed by atoms with E-state index in [1.54, 1.807) is 0 Å². The topological polar surface area (TPSA) is 142 Å². The van der Waals surface area contributed by atoms with Crippen LogP contribution in [0.3, 0.4) is 0 Å². The number of rotatable bonds is 30. The summed E-state index contributed by atoms with van der Waals surface area (Å²) in [6.07, 6.45) is 32.0. The number of esters is 1. The van der Waals surface area contributed by atoms with Gasteiger partial charge in [0.05, 0.1) is 13.2 Å². The van der Waals surface area contributed by atoms with E-state index >= 15 is 0 Å². The molecule has 45 heavy (non-hydrogen) atoms. The lowest BCUT2D eigenvalue weighted by molar-refractivity contribution is -0.147. The number of nitrogens with one attached hydrogen (secondary N) is 2. The molecule has 0 fully saturated rings. The van der Waals surface area contributed by atoms with Gasteiger partial charge in [-0.2, -0.15) is 0 Å². The van der Waals surface area contributed by atoms with Crippen molar-refractivity contribution in [1.29, 1.82) is 0 Å². The zero-order valence-electron chi connectivity index (χ0n) is 28.1. The van der Waals surface area contributed by atoms with E-state index in [1.165, 1.54) is 38.5 Å². The second kappa shape index (κ2) is 31.1. The number of carbonyl (C=O) groups is 4. The van der Waals surface area contributed by atoms with Crippen LogP contribution in [0.4, 0.5) is 0 Å². The molecule has 0 saturated heterocycles. The summed E-state index contributed by atoms with van der Waals surface area (Å²) in [4.78, 5) is 47.0. The Labute approximate surface area is 272 Å². The monoisotopic (exact) mass is 634 g/mol. The molecule has 0 bridgehead atoms. The molecule has 2 unspecified atom stereocenters. The van der Waals surface area contributed by atoms with Crippen molar-refractivity contribution in [1.82, 2.24) is 10.6 Å². The number of allylic oxidation sites excluding steroid dienone is 5. The normalized spacial score (nSPS) is 13.0. The largest absolute Gasteiger partial charge is 0.480 e. The zero-order chi connectivity index (χ0) is 33.4. The van der Waals surface area contributed by atoms with Crippen LogP contribution in [0.1, 0.15) is 142 Å². The molecule has 4 N–H and O–H groups in total. The summed E-state index contributed by atoms with van der Waals surface area (Å²) >= 11 is 0. The molecule has 0 aromatic heterocycles. The lowest BCUT2D eigenvalue weighted by Crippen LogP contribution is -2.47. The van der Waals surface area contributed by atoms with Crippen molar-refractivity contribution >= 4 is 23.8 Å². The van der Waals surface area contributed by atoms with Crippen LogP contribution >= 0.6 is 0 Å². The van der Waals surface area contributed by atoms with E-state index in [-0.39, 0.29) is 24.5 Å². The molecule has 0 aliphatic heterocycles. The van der Waals surface area contributed by atoms with Gasteiger partial charge in [0, 0.05) is 12.8 Å². The fourth-order valence-electron chi connectivity index (χ4n) is 4.70. The fraction of sp³-hybridized carbons (Fsp3) is 0.722. The molecule has 0 aromatic rings. The molecule has 0 radical (unpaired) electrons. The predicted molar refractivity (Wildman–Crippen MR) is 181 cm³/mol. The maximum absolute atomic E-state index is 12.5. The number of carbonyl (C=O) groups excluding carboxylic acids is 3. The van der Waals surface area contributed by atoms with Crippen molar-refractivity contribution in [3.8, 4) is 0 Å². The number of carboxylic acids is 1. The number of unbranched alkanes of at least 4 members (excludes halogenated alkanes) is 12. The maximum atomic E-state index is 12.5. The van der Waals surface area contributed by atoms with Crippen molar-refractivity contribution < 1.29 is 34.1 Å². The highest BCUT2D eigenvalue weighted by molar-refractivity contribution is 5.87. The van der Waals surface area contributed by atoms with Crippen molar-refractivity contribution in [3.63, 3.8) is 0 Å². The van der Waals surface area contributed by atoms with E-state index in [0.29, 0.717) is 19.3 Å². The van der Waals surface area contributed by atoms with Gasteiger partial charge in [0.1, 0.15) is 12.1 Å². The smallest absolute Gasteiger partial charge is 0.328 e. The average molecular weight is 635 g/mol. The number of aliphatic hydroxyl groups is 1. The van der Waals surface area contributed by atoms with E-state index in [9.17, 15) is 19.2 Å². The molecule has 0 aliphatic carbocycles. The summed E-state index contributed by atoms with van der Waals surface area (Å²) in [5, 5.41) is 22.4. The summed E-state index contributed by atoms with van der Waals surface area (Å²) in [6.45, 7) is 3.31. The first kappa shape index (κ1) is 42.1. The van der Waals surface area contributed by atoms with E-state index < -0.39 is 24.5 Å². The Balaban J connectivity index is 4.30. The van der Waals surface area contributed by atoms with Crippen LogP contribution in [-0.4, -0.2) is 59.3 Å². The van der Waals surface area contributed by atoms with Gasteiger partial charge in [0.2, 0.25) is 11.8 Å². The van der Waals surface area contributed by atoms with Crippen LogP contribution in [0, 0.1) is 0 Å². The predicted octanol–water partition coefficient (Wildman–Crippen LogP) is 7.09. The van der Waals surface area contributed by atoms with Gasteiger partial charge >= 0.3 is 11.9 Å². The average Bonchev–Trinajstić information content (AvgIpc) is 3.02. The highest BCUT2D eigenvalue weighted by atomic mass is 16.5. The molecule has 0 rings (SSSR count). The first-order chi connectivity index (χ1) is 21.8. The number of carboxylic acid groups (broad SMARTS) is 1. The summed E-state index contributed by atoms with van der Waals surface area (Å²) in [7, 11) is 0. The Bertz CT molecular complexity index is 869. The fourth-order valence-corrected chi connectivity index (χ4v) is 4.70. The summed E-state index contributed by atoms with van der Waals surface area (Å²) in [6, 6.07) is -1.38. The van der Waals surface area contributed by atoms with Crippen LogP contribution in [0.15, 0.2) is 36.5 Å². The number of ether oxygens (including phenoxy) is 1. The first-order valence-corrected chi connectivity index (χ1v) is 17.4. The lowest BCUT2D eigenvalue weighted by Gasteiger charge is -2.15. The molecule has 0 heterocycles. The minimum absolute atomic E-state index is 0.110. The third-order valence-corrected chi connectivity index (χ3v) is 7.39. The Kier molecular flexibility index (Phi) is 29.0. The molecule has 0 aromatic carbocycles. The van der Waals surface area contributed by atoms with Crippen LogP contribution in [-0.2, 0) is 23.9 Å². The van der Waals surface area contributed by atoms with Gasteiger partial charge in [-0.25, -0.2) is 4.79 Å². The van der Waals surface area contributed by atoms with E-state index in [4.69, 9.17) is 14.9 Å². The molecule has 258 valence electrons. The van der Waals surface area contributed by atoms with Crippen molar-refractivity contribution in [2.24, 2.45) is 0 Å². The van der Waals surface area contributed by atoms with Gasteiger partial charge in [-0.1, -0.05) is 115 Å². The van der Waals surface area contributed by atoms with Gasteiger partial charge in [-0.05, 0) is 51.0 Å². The van der Waals surface area contributed by atoms with Crippen LogP contribution in [0.2, 0.25) is 0 Å².